The molecule has 5 heteroatoms. The average Bonchev–Trinajstić information content (AvgIpc) is 1.99. The molecular formula is C6H7ClN2OS. The lowest BCUT2D eigenvalue weighted by molar-refractivity contribution is 0.688. The van der Waals surface area contributed by atoms with Crippen LogP contribution in [0.2, 0.25) is 5.02 Å². The molecule has 60 valence electrons. The van der Waals surface area contributed by atoms with Crippen molar-refractivity contribution in [3.8, 4) is 0 Å². The molecule has 1 heterocycles. The van der Waals surface area contributed by atoms with Crippen LogP contribution in [0.3, 0.4) is 0 Å². The zero-order valence-electron chi connectivity index (χ0n) is 6.17. The molecule has 0 saturated heterocycles. The number of hydrogen-bond acceptors (Lipinski definition) is 3. The summed E-state index contributed by atoms with van der Waals surface area (Å²) in [6.07, 6.45) is 3.28. The maximum Gasteiger partial charge on any atom is 0.281 e. The predicted molar refractivity (Wildman–Crippen MR) is 46.3 cm³/mol. The van der Waals surface area contributed by atoms with Crippen molar-refractivity contribution >= 4 is 23.4 Å². The number of halogens is 1. The smallest absolute Gasteiger partial charge is 0.266 e. The van der Waals surface area contributed by atoms with Gasteiger partial charge in [0.1, 0.15) is 0 Å². The molecule has 0 amide bonds. The van der Waals surface area contributed by atoms with E-state index in [0.717, 1.165) is 0 Å². The highest BCUT2D eigenvalue weighted by Crippen LogP contribution is 2.18. The Morgan fingerprint density at radius 3 is 2.82 bits per heavy atom. The molecule has 0 fully saturated rings. The van der Waals surface area contributed by atoms with Gasteiger partial charge in [-0.3, -0.25) is 4.79 Å². The van der Waals surface area contributed by atoms with Crippen molar-refractivity contribution in [2.75, 3.05) is 6.26 Å². The highest BCUT2D eigenvalue weighted by molar-refractivity contribution is 7.98. The van der Waals surface area contributed by atoms with Gasteiger partial charge in [0.05, 0.1) is 16.1 Å². The molecule has 11 heavy (non-hydrogen) atoms. The minimum Gasteiger partial charge on any atom is -0.266 e. The second kappa shape index (κ2) is 3.28. The van der Waals surface area contributed by atoms with E-state index in [1.165, 1.54) is 22.6 Å². The Labute approximate surface area is 73.4 Å². The van der Waals surface area contributed by atoms with Gasteiger partial charge in [-0.05, 0) is 6.26 Å². The zero-order valence-corrected chi connectivity index (χ0v) is 7.74. The molecule has 0 aliphatic heterocycles. The van der Waals surface area contributed by atoms with Crippen LogP contribution in [0, 0.1) is 0 Å². The largest absolute Gasteiger partial charge is 0.281 e. The Balaban J connectivity index is 3.41. The summed E-state index contributed by atoms with van der Waals surface area (Å²) in [7, 11) is 1.60. The Morgan fingerprint density at radius 2 is 2.36 bits per heavy atom. The first-order chi connectivity index (χ1) is 5.16. The summed E-state index contributed by atoms with van der Waals surface area (Å²) < 4.78 is 1.26. The van der Waals surface area contributed by atoms with E-state index in [0.29, 0.717) is 9.92 Å². The molecule has 0 saturated carbocycles. The molecule has 0 aliphatic rings. The van der Waals surface area contributed by atoms with Crippen LogP contribution < -0.4 is 5.56 Å². The van der Waals surface area contributed by atoms with Crippen LogP contribution in [0.1, 0.15) is 0 Å². The lowest BCUT2D eigenvalue weighted by Crippen LogP contribution is -2.20. The maximum atomic E-state index is 11.2. The van der Waals surface area contributed by atoms with E-state index in [4.69, 9.17) is 11.6 Å². The Hall–Kier alpha value is -0.480. The number of aryl methyl sites for hydroxylation is 1. The van der Waals surface area contributed by atoms with Crippen molar-refractivity contribution in [3.63, 3.8) is 0 Å². The fourth-order valence-corrected chi connectivity index (χ4v) is 1.59. The Morgan fingerprint density at radius 1 is 1.73 bits per heavy atom. The summed E-state index contributed by atoms with van der Waals surface area (Å²) in [6.45, 7) is 0. The molecule has 0 bridgehead atoms. The third-order valence-electron chi connectivity index (χ3n) is 1.25. The molecule has 0 aromatic carbocycles. The van der Waals surface area contributed by atoms with Gasteiger partial charge >= 0.3 is 0 Å². The molecule has 1 rings (SSSR count). The lowest BCUT2D eigenvalue weighted by Gasteiger charge is -2.00. The summed E-state index contributed by atoms with van der Waals surface area (Å²) in [6, 6.07) is 0. The molecule has 1 aromatic rings. The SMILES string of the molecule is CSc1c(Cl)cnn(C)c1=O. The number of aromatic nitrogens is 2. The van der Waals surface area contributed by atoms with Gasteiger partial charge in [0, 0.05) is 7.05 Å². The normalized spacial score (nSPS) is 10.1. The van der Waals surface area contributed by atoms with E-state index in [1.807, 2.05) is 6.26 Å². The average molecular weight is 191 g/mol. The van der Waals surface area contributed by atoms with E-state index < -0.39 is 0 Å². The molecule has 0 atom stereocenters. The van der Waals surface area contributed by atoms with Gasteiger partial charge in [-0.1, -0.05) is 11.6 Å². The van der Waals surface area contributed by atoms with Crippen molar-refractivity contribution < 1.29 is 0 Å². The van der Waals surface area contributed by atoms with Crippen LogP contribution in [0.4, 0.5) is 0 Å². The van der Waals surface area contributed by atoms with Gasteiger partial charge in [-0.15, -0.1) is 11.8 Å². The molecule has 1 aromatic heterocycles. The van der Waals surface area contributed by atoms with Crippen LogP contribution in [0.5, 0.6) is 0 Å². The van der Waals surface area contributed by atoms with Crippen LogP contribution in [-0.4, -0.2) is 16.0 Å². The van der Waals surface area contributed by atoms with Gasteiger partial charge in [0.25, 0.3) is 5.56 Å². The quantitative estimate of drug-likeness (QED) is 0.624. The van der Waals surface area contributed by atoms with Crippen LogP contribution >= 0.6 is 23.4 Å². The highest BCUT2D eigenvalue weighted by atomic mass is 35.5. The van der Waals surface area contributed by atoms with E-state index in [1.54, 1.807) is 7.05 Å². The van der Waals surface area contributed by atoms with Gasteiger partial charge in [-0.25, -0.2) is 4.68 Å². The molecule has 0 radical (unpaired) electrons. The molecule has 0 unspecified atom stereocenters. The fourth-order valence-electron chi connectivity index (χ4n) is 0.682. The van der Waals surface area contributed by atoms with Crippen molar-refractivity contribution in [2.24, 2.45) is 7.05 Å². The monoisotopic (exact) mass is 190 g/mol. The van der Waals surface area contributed by atoms with Gasteiger partial charge in [-0.2, -0.15) is 5.10 Å². The van der Waals surface area contributed by atoms with Crippen LogP contribution in [-0.2, 0) is 7.05 Å². The van der Waals surface area contributed by atoms with E-state index in [-0.39, 0.29) is 5.56 Å². The van der Waals surface area contributed by atoms with Crippen molar-refractivity contribution in [2.45, 2.75) is 4.90 Å². The number of thioether (sulfide) groups is 1. The van der Waals surface area contributed by atoms with Gasteiger partial charge in [0.2, 0.25) is 0 Å². The maximum absolute atomic E-state index is 11.2. The number of nitrogens with zero attached hydrogens (tertiary/aromatic N) is 2. The summed E-state index contributed by atoms with van der Waals surface area (Å²) in [5, 5.41) is 4.16. The van der Waals surface area contributed by atoms with E-state index in [2.05, 4.69) is 5.10 Å². The third-order valence-corrected chi connectivity index (χ3v) is 2.45. The predicted octanol–water partition coefficient (Wildman–Crippen LogP) is 1.16. The second-order valence-electron chi connectivity index (χ2n) is 1.95. The summed E-state index contributed by atoms with van der Waals surface area (Å²) in [4.78, 5) is 11.8. The first-order valence-electron chi connectivity index (χ1n) is 2.92. The van der Waals surface area contributed by atoms with Crippen molar-refractivity contribution in [1.82, 2.24) is 9.78 Å². The number of rotatable bonds is 1. The van der Waals surface area contributed by atoms with Gasteiger partial charge < -0.3 is 0 Å². The van der Waals surface area contributed by atoms with E-state index >= 15 is 0 Å². The zero-order chi connectivity index (χ0) is 8.43. The summed E-state index contributed by atoms with van der Waals surface area (Å²) in [5.41, 5.74) is -0.148. The standard InChI is InChI=1S/C6H7ClN2OS/c1-9-6(10)5(11-2)4(7)3-8-9/h3H,1-2H3. The molecule has 3 nitrogen and oxygen atoms in total. The lowest BCUT2D eigenvalue weighted by atomic mass is 10.6. The summed E-state index contributed by atoms with van der Waals surface area (Å²) in [5.74, 6) is 0. The van der Waals surface area contributed by atoms with Crippen molar-refractivity contribution in [1.29, 1.82) is 0 Å². The Kier molecular flexibility index (Phi) is 2.57. The molecule has 0 N–H and O–H groups in total. The molecule has 0 aliphatic carbocycles. The van der Waals surface area contributed by atoms with E-state index in [9.17, 15) is 4.79 Å². The highest BCUT2D eigenvalue weighted by Gasteiger charge is 2.05. The van der Waals surface area contributed by atoms with Gasteiger partial charge in [0.15, 0.2) is 0 Å². The minimum absolute atomic E-state index is 0.148. The minimum atomic E-state index is -0.148. The van der Waals surface area contributed by atoms with Crippen molar-refractivity contribution in [3.05, 3.63) is 21.6 Å². The van der Waals surface area contributed by atoms with Crippen LogP contribution in [0.25, 0.3) is 0 Å². The Bertz CT molecular complexity index is 323. The molecular weight excluding hydrogens is 184 g/mol. The first kappa shape index (κ1) is 8.62. The topological polar surface area (TPSA) is 34.9 Å². The van der Waals surface area contributed by atoms with Crippen LogP contribution in [0.15, 0.2) is 15.9 Å². The third kappa shape index (κ3) is 1.57. The number of hydrogen-bond donors (Lipinski definition) is 0. The summed E-state index contributed by atoms with van der Waals surface area (Å²) >= 11 is 7.04. The first-order valence-corrected chi connectivity index (χ1v) is 4.53. The molecule has 0 spiro atoms. The second-order valence-corrected chi connectivity index (χ2v) is 3.18. The fraction of sp³-hybridized carbons (Fsp3) is 0.333.